The third-order valence-electron chi connectivity index (χ3n) is 2.33. The number of benzene rings is 1. The summed E-state index contributed by atoms with van der Waals surface area (Å²) in [7, 11) is -3.82. The number of hydrogen-bond donors (Lipinski definition) is 2. The van der Waals surface area contributed by atoms with Crippen LogP contribution in [0.1, 0.15) is 13.8 Å². The van der Waals surface area contributed by atoms with Gasteiger partial charge in [-0.3, -0.25) is 9.59 Å². The second kappa shape index (κ2) is 8.25. The molecule has 2 N–H and O–H groups in total. The summed E-state index contributed by atoms with van der Waals surface area (Å²) in [5.41, 5.74) is 0. The summed E-state index contributed by atoms with van der Waals surface area (Å²) in [6.07, 6.45) is 0. The van der Waals surface area contributed by atoms with Gasteiger partial charge in [0.1, 0.15) is 6.54 Å². The number of ether oxygens (including phenoxy) is 1. The van der Waals surface area contributed by atoms with Crippen LogP contribution >= 0.6 is 15.9 Å². The standard InChI is InChI=1S/C13H17BrN2O5S/c1-9(2)16-12(17)8-21-13(18)7-15-22(19,20)11-5-3-4-10(14)6-11/h3-6,9,15H,7-8H2,1-2H3,(H,16,17). The molecule has 0 saturated carbocycles. The third kappa shape index (κ3) is 6.54. The van der Waals surface area contributed by atoms with E-state index in [1.165, 1.54) is 12.1 Å². The predicted octanol–water partition coefficient (Wildman–Crippen LogP) is 0.795. The van der Waals surface area contributed by atoms with E-state index in [4.69, 9.17) is 0 Å². The number of esters is 1. The van der Waals surface area contributed by atoms with Gasteiger partial charge in [-0.2, -0.15) is 4.72 Å². The van der Waals surface area contributed by atoms with Crippen molar-refractivity contribution < 1.29 is 22.7 Å². The summed E-state index contributed by atoms with van der Waals surface area (Å²) < 4.78 is 31.3. The molecule has 1 rings (SSSR count). The Hall–Kier alpha value is -1.45. The summed E-state index contributed by atoms with van der Waals surface area (Å²) in [5.74, 6) is -1.28. The molecule has 7 nitrogen and oxygen atoms in total. The molecule has 0 aliphatic rings. The lowest BCUT2D eigenvalue weighted by Crippen LogP contribution is -2.36. The average molecular weight is 393 g/mol. The number of halogens is 1. The fraction of sp³-hybridized carbons (Fsp3) is 0.385. The van der Waals surface area contributed by atoms with E-state index in [9.17, 15) is 18.0 Å². The van der Waals surface area contributed by atoms with Crippen LogP contribution in [0.25, 0.3) is 0 Å². The van der Waals surface area contributed by atoms with Gasteiger partial charge in [-0.1, -0.05) is 22.0 Å². The van der Waals surface area contributed by atoms with Crippen molar-refractivity contribution in [3.8, 4) is 0 Å². The van der Waals surface area contributed by atoms with E-state index in [2.05, 4.69) is 30.7 Å². The lowest BCUT2D eigenvalue weighted by atomic mass is 10.4. The van der Waals surface area contributed by atoms with Crippen molar-refractivity contribution >= 4 is 37.8 Å². The molecule has 0 aromatic heterocycles. The van der Waals surface area contributed by atoms with E-state index in [-0.39, 0.29) is 10.9 Å². The number of carbonyl (C=O) groups is 2. The average Bonchev–Trinajstić information content (AvgIpc) is 2.42. The molecule has 1 amide bonds. The number of amides is 1. The fourth-order valence-corrected chi connectivity index (χ4v) is 3.00. The monoisotopic (exact) mass is 392 g/mol. The molecule has 0 unspecified atom stereocenters. The SMILES string of the molecule is CC(C)NC(=O)COC(=O)CNS(=O)(=O)c1cccc(Br)c1. The van der Waals surface area contributed by atoms with Gasteiger partial charge in [0.25, 0.3) is 5.91 Å². The first-order chi connectivity index (χ1) is 10.2. The zero-order chi connectivity index (χ0) is 16.8. The fourth-order valence-electron chi connectivity index (χ4n) is 1.43. The topological polar surface area (TPSA) is 102 Å². The minimum Gasteiger partial charge on any atom is -0.455 e. The first-order valence-corrected chi connectivity index (χ1v) is 8.68. The minimum absolute atomic E-state index is 0.0206. The smallest absolute Gasteiger partial charge is 0.321 e. The van der Waals surface area contributed by atoms with Crippen LogP contribution < -0.4 is 10.0 Å². The molecule has 0 saturated heterocycles. The molecule has 1 aromatic carbocycles. The summed E-state index contributed by atoms with van der Waals surface area (Å²) in [6, 6.07) is 5.98. The Bertz CT molecular complexity index is 646. The van der Waals surface area contributed by atoms with Crippen LogP contribution in [0, 0.1) is 0 Å². The number of sulfonamides is 1. The molecule has 0 fully saturated rings. The Kier molecular flexibility index (Phi) is 6.98. The lowest BCUT2D eigenvalue weighted by Gasteiger charge is -2.09. The van der Waals surface area contributed by atoms with Crippen molar-refractivity contribution in [3.63, 3.8) is 0 Å². The summed E-state index contributed by atoms with van der Waals surface area (Å²) in [6.45, 7) is 2.54. The van der Waals surface area contributed by atoms with Gasteiger partial charge in [-0.05, 0) is 32.0 Å². The number of carbonyl (C=O) groups excluding carboxylic acids is 2. The van der Waals surface area contributed by atoms with Crippen LogP contribution in [0.3, 0.4) is 0 Å². The molecule has 122 valence electrons. The molecule has 0 aliphatic heterocycles. The van der Waals surface area contributed by atoms with Gasteiger partial charge in [-0.15, -0.1) is 0 Å². The normalized spacial score (nSPS) is 11.3. The quantitative estimate of drug-likeness (QED) is 0.668. The molecule has 0 bridgehead atoms. The first-order valence-electron chi connectivity index (χ1n) is 6.41. The van der Waals surface area contributed by atoms with Crippen molar-refractivity contribution in [3.05, 3.63) is 28.7 Å². The van der Waals surface area contributed by atoms with Gasteiger partial charge in [0, 0.05) is 10.5 Å². The molecule has 1 aromatic rings. The second-order valence-corrected chi connectivity index (χ2v) is 7.35. The summed E-state index contributed by atoms with van der Waals surface area (Å²) in [5, 5.41) is 2.54. The molecule has 0 spiro atoms. The Morgan fingerprint density at radius 1 is 1.32 bits per heavy atom. The number of hydrogen-bond acceptors (Lipinski definition) is 5. The minimum atomic E-state index is -3.82. The number of nitrogens with one attached hydrogen (secondary N) is 2. The Balaban J connectivity index is 2.48. The molecule has 22 heavy (non-hydrogen) atoms. The Morgan fingerprint density at radius 2 is 2.00 bits per heavy atom. The van der Waals surface area contributed by atoms with Crippen LogP contribution in [0.5, 0.6) is 0 Å². The van der Waals surface area contributed by atoms with E-state index in [0.717, 1.165) is 0 Å². The molecular formula is C13H17BrN2O5S. The second-order valence-electron chi connectivity index (χ2n) is 4.66. The van der Waals surface area contributed by atoms with Gasteiger partial charge >= 0.3 is 5.97 Å². The summed E-state index contributed by atoms with van der Waals surface area (Å²) in [4.78, 5) is 22.7. The highest BCUT2D eigenvalue weighted by Gasteiger charge is 2.17. The Labute approximate surface area is 137 Å². The maximum atomic E-state index is 12.0. The van der Waals surface area contributed by atoms with E-state index < -0.39 is 35.1 Å². The van der Waals surface area contributed by atoms with Crippen LogP contribution in [0.2, 0.25) is 0 Å². The maximum Gasteiger partial charge on any atom is 0.321 e. The maximum absolute atomic E-state index is 12.0. The zero-order valence-corrected chi connectivity index (χ0v) is 14.5. The van der Waals surface area contributed by atoms with Crippen LogP contribution in [0.15, 0.2) is 33.6 Å². The molecule has 0 aliphatic carbocycles. The number of rotatable bonds is 7. The van der Waals surface area contributed by atoms with Gasteiger partial charge < -0.3 is 10.1 Å². The van der Waals surface area contributed by atoms with E-state index in [1.807, 2.05) is 0 Å². The van der Waals surface area contributed by atoms with E-state index in [0.29, 0.717) is 4.47 Å². The highest BCUT2D eigenvalue weighted by Crippen LogP contribution is 2.15. The van der Waals surface area contributed by atoms with E-state index >= 15 is 0 Å². The molecule has 9 heteroatoms. The Morgan fingerprint density at radius 3 is 2.59 bits per heavy atom. The van der Waals surface area contributed by atoms with Crippen LogP contribution in [0.4, 0.5) is 0 Å². The summed E-state index contributed by atoms with van der Waals surface area (Å²) >= 11 is 3.17. The predicted molar refractivity (Wildman–Crippen MR) is 83.6 cm³/mol. The van der Waals surface area contributed by atoms with Crippen molar-refractivity contribution in [2.24, 2.45) is 0 Å². The first kappa shape index (κ1) is 18.6. The van der Waals surface area contributed by atoms with Crippen molar-refractivity contribution in [1.82, 2.24) is 10.0 Å². The van der Waals surface area contributed by atoms with Gasteiger partial charge in [0.15, 0.2) is 6.61 Å². The molecule has 0 radical (unpaired) electrons. The highest BCUT2D eigenvalue weighted by atomic mass is 79.9. The van der Waals surface area contributed by atoms with Crippen molar-refractivity contribution in [2.75, 3.05) is 13.2 Å². The van der Waals surface area contributed by atoms with Crippen molar-refractivity contribution in [2.45, 2.75) is 24.8 Å². The third-order valence-corrected chi connectivity index (χ3v) is 4.22. The molecule has 0 atom stereocenters. The van der Waals surface area contributed by atoms with Gasteiger partial charge in [0.05, 0.1) is 4.90 Å². The molecule has 0 heterocycles. The van der Waals surface area contributed by atoms with Crippen molar-refractivity contribution in [1.29, 1.82) is 0 Å². The van der Waals surface area contributed by atoms with Gasteiger partial charge in [0.2, 0.25) is 10.0 Å². The zero-order valence-electron chi connectivity index (χ0n) is 12.1. The van der Waals surface area contributed by atoms with Crippen LogP contribution in [-0.4, -0.2) is 39.5 Å². The largest absolute Gasteiger partial charge is 0.455 e. The lowest BCUT2D eigenvalue weighted by molar-refractivity contribution is -0.147. The molecular weight excluding hydrogens is 376 g/mol. The van der Waals surface area contributed by atoms with Crippen LogP contribution in [-0.2, 0) is 24.3 Å². The highest BCUT2D eigenvalue weighted by molar-refractivity contribution is 9.10. The van der Waals surface area contributed by atoms with Gasteiger partial charge in [-0.25, -0.2) is 8.42 Å². The van der Waals surface area contributed by atoms with E-state index in [1.54, 1.807) is 26.0 Å².